The van der Waals surface area contributed by atoms with Crippen molar-refractivity contribution in [3.63, 3.8) is 0 Å². The lowest BCUT2D eigenvalue weighted by molar-refractivity contribution is 0.183. The van der Waals surface area contributed by atoms with Crippen LogP contribution in [0, 0.1) is 0 Å². The minimum absolute atomic E-state index is 0.336. The van der Waals surface area contributed by atoms with Crippen LogP contribution in [-0.2, 0) is 16.9 Å². The normalized spacial score (nSPS) is 11.8. The van der Waals surface area contributed by atoms with E-state index in [1.807, 2.05) is 32.0 Å². The second-order valence-corrected chi connectivity index (χ2v) is 4.87. The number of ether oxygens (including phenoxy) is 1. The molecule has 0 saturated heterocycles. The van der Waals surface area contributed by atoms with Gasteiger partial charge in [-0.25, -0.2) is 0 Å². The van der Waals surface area contributed by atoms with E-state index in [1.165, 1.54) is 0 Å². The molecular formula is C11H16BrNO. The van der Waals surface area contributed by atoms with Crippen LogP contribution in [0.1, 0.15) is 25.0 Å². The molecule has 14 heavy (non-hydrogen) atoms. The Hall–Kier alpha value is -0.380. The van der Waals surface area contributed by atoms with Gasteiger partial charge in [-0.1, -0.05) is 22.0 Å². The van der Waals surface area contributed by atoms with E-state index >= 15 is 0 Å². The summed E-state index contributed by atoms with van der Waals surface area (Å²) in [5.41, 5.74) is 8.01. The van der Waals surface area contributed by atoms with Crippen molar-refractivity contribution >= 4 is 15.9 Å². The zero-order valence-electron chi connectivity index (χ0n) is 8.80. The van der Waals surface area contributed by atoms with Crippen LogP contribution in [0.2, 0.25) is 0 Å². The van der Waals surface area contributed by atoms with E-state index in [4.69, 9.17) is 10.5 Å². The molecule has 2 nitrogen and oxygen atoms in total. The Bertz CT molecular complexity index is 318. The Balaban J connectivity index is 3.16. The highest BCUT2D eigenvalue weighted by molar-refractivity contribution is 9.10. The lowest BCUT2D eigenvalue weighted by Crippen LogP contribution is -2.30. The first-order chi connectivity index (χ1) is 6.45. The van der Waals surface area contributed by atoms with Crippen LogP contribution in [0.5, 0.6) is 0 Å². The Morgan fingerprint density at radius 2 is 2.07 bits per heavy atom. The summed E-state index contributed by atoms with van der Waals surface area (Å²) in [6.45, 7) is 4.59. The molecule has 0 atom stereocenters. The predicted octanol–water partition coefficient (Wildman–Crippen LogP) is 2.79. The van der Waals surface area contributed by atoms with Gasteiger partial charge in [-0.15, -0.1) is 0 Å². The molecule has 0 radical (unpaired) electrons. The number of hydrogen-bond acceptors (Lipinski definition) is 2. The van der Waals surface area contributed by atoms with E-state index in [-0.39, 0.29) is 5.54 Å². The molecule has 1 rings (SSSR count). The maximum Gasteiger partial charge on any atom is 0.0716 e. The van der Waals surface area contributed by atoms with Crippen LogP contribution in [0.15, 0.2) is 22.7 Å². The monoisotopic (exact) mass is 257 g/mol. The van der Waals surface area contributed by atoms with Crippen LogP contribution in [0.3, 0.4) is 0 Å². The summed E-state index contributed by atoms with van der Waals surface area (Å²) < 4.78 is 6.18. The predicted molar refractivity (Wildman–Crippen MR) is 62.1 cm³/mol. The summed E-state index contributed by atoms with van der Waals surface area (Å²) in [6.07, 6.45) is 0. The second-order valence-electron chi connectivity index (χ2n) is 3.96. The third kappa shape index (κ3) is 2.80. The number of benzene rings is 1. The average Bonchev–Trinajstić information content (AvgIpc) is 2.07. The highest BCUT2D eigenvalue weighted by atomic mass is 79.9. The first-order valence-corrected chi connectivity index (χ1v) is 5.31. The van der Waals surface area contributed by atoms with Crippen molar-refractivity contribution in [3.8, 4) is 0 Å². The third-order valence-corrected chi connectivity index (χ3v) is 2.56. The summed E-state index contributed by atoms with van der Waals surface area (Å²) >= 11 is 3.44. The summed E-state index contributed by atoms with van der Waals surface area (Å²) in [4.78, 5) is 0. The number of nitrogens with two attached hydrogens (primary N) is 1. The minimum atomic E-state index is -0.336. The lowest BCUT2D eigenvalue weighted by Gasteiger charge is -2.23. The van der Waals surface area contributed by atoms with Gasteiger partial charge >= 0.3 is 0 Å². The molecule has 0 aliphatic rings. The van der Waals surface area contributed by atoms with Gasteiger partial charge in [-0.2, -0.15) is 0 Å². The highest BCUT2D eigenvalue weighted by Crippen LogP contribution is 2.25. The standard InChI is InChI=1S/C11H16BrNO/c1-11(2,13)10-6-9(12)5-4-8(10)7-14-3/h4-6H,7,13H2,1-3H3. The molecular weight excluding hydrogens is 242 g/mol. The Morgan fingerprint density at radius 1 is 1.43 bits per heavy atom. The molecule has 0 aliphatic heterocycles. The van der Waals surface area contributed by atoms with Gasteiger partial charge in [-0.05, 0) is 37.1 Å². The van der Waals surface area contributed by atoms with Crippen LogP contribution in [0.25, 0.3) is 0 Å². The van der Waals surface area contributed by atoms with E-state index < -0.39 is 0 Å². The van der Waals surface area contributed by atoms with Crippen molar-refractivity contribution in [3.05, 3.63) is 33.8 Å². The zero-order chi connectivity index (χ0) is 10.8. The van der Waals surface area contributed by atoms with E-state index in [1.54, 1.807) is 7.11 Å². The molecule has 0 saturated carbocycles. The van der Waals surface area contributed by atoms with E-state index in [2.05, 4.69) is 15.9 Å². The largest absolute Gasteiger partial charge is 0.380 e. The molecule has 0 fully saturated rings. The van der Waals surface area contributed by atoms with Crippen LogP contribution in [0.4, 0.5) is 0 Å². The van der Waals surface area contributed by atoms with Crippen molar-refractivity contribution in [2.75, 3.05) is 7.11 Å². The maximum absolute atomic E-state index is 6.08. The topological polar surface area (TPSA) is 35.2 Å². The van der Waals surface area contributed by atoms with Crippen LogP contribution in [-0.4, -0.2) is 7.11 Å². The van der Waals surface area contributed by atoms with Crippen molar-refractivity contribution < 1.29 is 4.74 Å². The van der Waals surface area contributed by atoms with Crippen molar-refractivity contribution in [1.29, 1.82) is 0 Å². The molecule has 78 valence electrons. The van der Waals surface area contributed by atoms with Gasteiger partial charge in [0.2, 0.25) is 0 Å². The molecule has 0 heterocycles. The number of hydrogen-bond donors (Lipinski definition) is 1. The molecule has 1 aromatic rings. The quantitative estimate of drug-likeness (QED) is 0.904. The van der Waals surface area contributed by atoms with Gasteiger partial charge in [0.15, 0.2) is 0 Å². The fraction of sp³-hybridized carbons (Fsp3) is 0.455. The first kappa shape index (κ1) is 11.7. The molecule has 1 aromatic carbocycles. The van der Waals surface area contributed by atoms with Gasteiger partial charge in [-0.3, -0.25) is 0 Å². The molecule has 0 spiro atoms. The molecule has 0 aliphatic carbocycles. The van der Waals surface area contributed by atoms with Gasteiger partial charge < -0.3 is 10.5 Å². The Kier molecular flexibility index (Phi) is 3.70. The SMILES string of the molecule is COCc1ccc(Br)cc1C(C)(C)N. The summed E-state index contributed by atoms with van der Waals surface area (Å²) in [5, 5.41) is 0. The van der Waals surface area contributed by atoms with Crippen molar-refractivity contribution in [2.24, 2.45) is 5.73 Å². The highest BCUT2D eigenvalue weighted by Gasteiger charge is 2.18. The summed E-state index contributed by atoms with van der Waals surface area (Å²) in [7, 11) is 1.69. The number of methoxy groups -OCH3 is 1. The average molecular weight is 258 g/mol. The van der Waals surface area contributed by atoms with Crippen LogP contribution >= 0.6 is 15.9 Å². The van der Waals surface area contributed by atoms with E-state index in [0.717, 1.165) is 15.6 Å². The van der Waals surface area contributed by atoms with Crippen LogP contribution < -0.4 is 5.73 Å². The Labute approximate surface area is 93.6 Å². The molecule has 0 amide bonds. The van der Waals surface area contributed by atoms with Gasteiger partial charge in [0.1, 0.15) is 0 Å². The number of rotatable bonds is 3. The Morgan fingerprint density at radius 3 is 2.57 bits per heavy atom. The number of halogens is 1. The maximum atomic E-state index is 6.08. The summed E-state index contributed by atoms with van der Waals surface area (Å²) in [6, 6.07) is 6.09. The van der Waals surface area contributed by atoms with Gasteiger partial charge in [0.05, 0.1) is 6.61 Å². The molecule has 2 N–H and O–H groups in total. The fourth-order valence-corrected chi connectivity index (χ4v) is 1.79. The zero-order valence-corrected chi connectivity index (χ0v) is 10.4. The molecule has 0 bridgehead atoms. The third-order valence-electron chi connectivity index (χ3n) is 2.07. The summed E-state index contributed by atoms with van der Waals surface area (Å²) in [5.74, 6) is 0. The van der Waals surface area contributed by atoms with Crippen molar-refractivity contribution in [1.82, 2.24) is 0 Å². The second kappa shape index (κ2) is 4.43. The minimum Gasteiger partial charge on any atom is -0.380 e. The van der Waals surface area contributed by atoms with Crippen molar-refractivity contribution in [2.45, 2.75) is 26.0 Å². The van der Waals surface area contributed by atoms with Gasteiger partial charge in [0.25, 0.3) is 0 Å². The first-order valence-electron chi connectivity index (χ1n) is 4.52. The van der Waals surface area contributed by atoms with E-state index in [0.29, 0.717) is 6.61 Å². The van der Waals surface area contributed by atoms with E-state index in [9.17, 15) is 0 Å². The van der Waals surface area contributed by atoms with Gasteiger partial charge in [0, 0.05) is 17.1 Å². The molecule has 0 unspecified atom stereocenters. The smallest absolute Gasteiger partial charge is 0.0716 e. The molecule has 0 aromatic heterocycles. The lowest BCUT2D eigenvalue weighted by atomic mass is 9.91. The molecule has 3 heteroatoms. The fourth-order valence-electron chi connectivity index (χ4n) is 1.43.